The maximum absolute atomic E-state index is 10.5. The summed E-state index contributed by atoms with van der Waals surface area (Å²) in [6.07, 6.45) is 0. The van der Waals surface area contributed by atoms with Gasteiger partial charge in [0.25, 0.3) is 0 Å². The number of hydrogen-bond acceptors (Lipinski definition) is 2. The van der Waals surface area contributed by atoms with Crippen molar-refractivity contribution in [2.45, 2.75) is 0 Å². The van der Waals surface area contributed by atoms with E-state index < -0.39 is 0 Å². The first-order valence-corrected chi connectivity index (χ1v) is 16.3. The van der Waals surface area contributed by atoms with Crippen LogP contribution in [0.25, 0.3) is 82.1 Å². The van der Waals surface area contributed by atoms with Gasteiger partial charge in [0, 0.05) is 27.4 Å². The molecule has 0 amide bonds. The standard InChI is InChI=1S/C45H25N5/c1-48-40-16-9-15-38-39-24-29(27-46)20-23-44(39)49(45(38)40)33-21-22-34(32(26-33)28-47)30-10-8-11-31(25-30)35-12-2-5-17-41(35)50-42-18-6-3-13-36(42)37-14-4-7-19-43(37)50/h2-26H. The van der Waals surface area contributed by atoms with Crippen LogP contribution in [0.2, 0.25) is 0 Å². The van der Waals surface area contributed by atoms with Gasteiger partial charge in [-0.05, 0) is 76.7 Å². The molecule has 5 heteroatoms. The maximum Gasteiger partial charge on any atom is 0.211 e. The van der Waals surface area contributed by atoms with Gasteiger partial charge in [0.15, 0.2) is 0 Å². The van der Waals surface area contributed by atoms with Gasteiger partial charge in [-0.1, -0.05) is 97.1 Å². The van der Waals surface area contributed by atoms with Crippen LogP contribution in [0.5, 0.6) is 0 Å². The third-order valence-corrected chi connectivity index (χ3v) is 9.61. The zero-order valence-electron chi connectivity index (χ0n) is 26.7. The van der Waals surface area contributed by atoms with Gasteiger partial charge in [-0.15, -0.1) is 0 Å². The molecule has 0 unspecified atom stereocenters. The summed E-state index contributed by atoms with van der Waals surface area (Å²) in [5, 5.41) is 24.3. The molecule has 9 aromatic rings. The second-order valence-corrected chi connectivity index (χ2v) is 12.3. The monoisotopic (exact) mass is 635 g/mol. The van der Waals surface area contributed by atoms with Crippen molar-refractivity contribution in [3.05, 3.63) is 174 Å². The molecule has 0 fully saturated rings. The van der Waals surface area contributed by atoms with Gasteiger partial charge < -0.3 is 9.13 Å². The number of nitriles is 2. The van der Waals surface area contributed by atoms with Crippen LogP contribution < -0.4 is 0 Å². The predicted octanol–water partition coefficient (Wildman–Crippen LogP) is 11.5. The zero-order chi connectivity index (χ0) is 33.8. The first kappa shape index (κ1) is 28.8. The number of aromatic nitrogens is 2. The number of benzene rings is 7. The molecule has 0 N–H and O–H groups in total. The lowest BCUT2D eigenvalue weighted by atomic mass is 9.95. The second-order valence-electron chi connectivity index (χ2n) is 12.3. The molecule has 2 heterocycles. The summed E-state index contributed by atoms with van der Waals surface area (Å²) in [5.74, 6) is 0. The molecule has 0 spiro atoms. The van der Waals surface area contributed by atoms with Crippen LogP contribution in [0.4, 0.5) is 5.69 Å². The van der Waals surface area contributed by atoms with Gasteiger partial charge in [0.05, 0.1) is 57.6 Å². The largest absolute Gasteiger partial charge is 0.319 e. The van der Waals surface area contributed by atoms with Gasteiger partial charge in [0.1, 0.15) is 0 Å². The molecule has 0 aliphatic heterocycles. The molecule has 230 valence electrons. The Balaban J connectivity index is 1.20. The molecule has 0 saturated heterocycles. The minimum Gasteiger partial charge on any atom is -0.319 e. The minimum atomic E-state index is 0.509. The molecule has 0 atom stereocenters. The fourth-order valence-corrected chi connectivity index (χ4v) is 7.44. The van der Waals surface area contributed by atoms with Crippen LogP contribution in [0.1, 0.15) is 11.1 Å². The summed E-state index contributed by atoms with van der Waals surface area (Å²) in [7, 11) is 0. The molecular formula is C45H25N5. The molecule has 0 aliphatic rings. The third-order valence-electron chi connectivity index (χ3n) is 9.61. The van der Waals surface area contributed by atoms with Crippen LogP contribution in [-0.2, 0) is 0 Å². The lowest BCUT2D eigenvalue weighted by Crippen LogP contribution is -1.98. The van der Waals surface area contributed by atoms with Crippen molar-refractivity contribution in [2.24, 2.45) is 0 Å². The molecular weight excluding hydrogens is 611 g/mol. The number of nitrogens with zero attached hydrogens (tertiary/aromatic N) is 5. The van der Waals surface area contributed by atoms with E-state index in [1.165, 1.54) is 10.8 Å². The summed E-state index contributed by atoms with van der Waals surface area (Å²) in [4.78, 5) is 3.83. The summed E-state index contributed by atoms with van der Waals surface area (Å²) in [6.45, 7) is 7.90. The Kier molecular flexibility index (Phi) is 6.56. The average molecular weight is 636 g/mol. The lowest BCUT2D eigenvalue weighted by Gasteiger charge is -2.15. The molecule has 9 rings (SSSR count). The van der Waals surface area contributed by atoms with E-state index >= 15 is 0 Å². The Morgan fingerprint density at radius 2 is 1.16 bits per heavy atom. The van der Waals surface area contributed by atoms with Crippen LogP contribution in [0.15, 0.2) is 152 Å². The van der Waals surface area contributed by atoms with Crippen LogP contribution >= 0.6 is 0 Å². The van der Waals surface area contributed by atoms with Gasteiger partial charge in [-0.2, -0.15) is 10.5 Å². The van der Waals surface area contributed by atoms with Crippen molar-refractivity contribution >= 4 is 49.3 Å². The van der Waals surface area contributed by atoms with Crippen molar-refractivity contribution < 1.29 is 0 Å². The third kappa shape index (κ3) is 4.31. The molecule has 7 aromatic carbocycles. The molecule has 0 bridgehead atoms. The van der Waals surface area contributed by atoms with Crippen LogP contribution in [0, 0.1) is 29.2 Å². The van der Waals surface area contributed by atoms with Crippen molar-refractivity contribution in [2.75, 3.05) is 0 Å². The summed E-state index contributed by atoms with van der Waals surface area (Å²) < 4.78 is 4.37. The Labute approximate surface area is 288 Å². The SMILES string of the molecule is [C-]#[N+]c1cccc2c3cc(C#N)ccc3n(-c3ccc(-c4cccc(-c5ccccc5-n5c6ccccc6c6ccccc65)c4)c(C#N)c3)c12. The predicted molar refractivity (Wildman–Crippen MR) is 202 cm³/mol. The number of hydrogen-bond donors (Lipinski definition) is 0. The molecule has 0 saturated carbocycles. The van der Waals surface area contributed by atoms with E-state index in [0.29, 0.717) is 16.8 Å². The van der Waals surface area contributed by atoms with Crippen molar-refractivity contribution in [3.63, 3.8) is 0 Å². The fourth-order valence-electron chi connectivity index (χ4n) is 7.44. The van der Waals surface area contributed by atoms with Gasteiger partial charge in [-0.3, -0.25) is 0 Å². The van der Waals surface area contributed by atoms with E-state index in [0.717, 1.165) is 66.5 Å². The highest BCUT2D eigenvalue weighted by atomic mass is 15.0. The number of para-hydroxylation sites is 4. The van der Waals surface area contributed by atoms with Crippen molar-refractivity contribution in [1.29, 1.82) is 10.5 Å². The van der Waals surface area contributed by atoms with Crippen LogP contribution in [-0.4, -0.2) is 9.13 Å². The van der Waals surface area contributed by atoms with E-state index in [1.807, 2.05) is 59.2 Å². The second kappa shape index (κ2) is 11.4. The highest BCUT2D eigenvalue weighted by Crippen LogP contribution is 2.40. The Morgan fingerprint density at radius 3 is 1.90 bits per heavy atom. The number of rotatable bonds is 4. The van der Waals surface area contributed by atoms with E-state index in [1.54, 1.807) is 12.1 Å². The molecule has 50 heavy (non-hydrogen) atoms. The maximum atomic E-state index is 10.5. The summed E-state index contributed by atoms with van der Waals surface area (Å²) in [6, 6.07) is 55.7. The molecule has 2 aromatic heterocycles. The highest BCUT2D eigenvalue weighted by Gasteiger charge is 2.19. The molecule has 0 radical (unpaired) electrons. The molecule has 5 nitrogen and oxygen atoms in total. The Morgan fingerprint density at radius 1 is 0.500 bits per heavy atom. The quantitative estimate of drug-likeness (QED) is 0.181. The summed E-state index contributed by atoms with van der Waals surface area (Å²) >= 11 is 0. The highest BCUT2D eigenvalue weighted by molar-refractivity contribution is 6.14. The number of fused-ring (bicyclic) bond motifs is 6. The Hall–Kier alpha value is -7.39. The van der Waals surface area contributed by atoms with Gasteiger partial charge in [0.2, 0.25) is 5.69 Å². The van der Waals surface area contributed by atoms with Crippen LogP contribution in [0.3, 0.4) is 0 Å². The average Bonchev–Trinajstić information content (AvgIpc) is 3.70. The minimum absolute atomic E-state index is 0.509. The van der Waals surface area contributed by atoms with Gasteiger partial charge in [-0.25, -0.2) is 4.85 Å². The lowest BCUT2D eigenvalue weighted by molar-refractivity contribution is 1.18. The topological polar surface area (TPSA) is 61.8 Å². The fraction of sp³-hybridized carbons (Fsp3) is 0. The van der Waals surface area contributed by atoms with E-state index in [2.05, 4.69) is 106 Å². The van der Waals surface area contributed by atoms with Crippen molar-refractivity contribution in [1.82, 2.24) is 9.13 Å². The first-order chi connectivity index (χ1) is 24.7. The Bertz CT molecular complexity index is 2920. The normalized spacial score (nSPS) is 11.1. The zero-order valence-corrected chi connectivity index (χ0v) is 26.7. The summed E-state index contributed by atoms with van der Waals surface area (Å²) in [5.41, 5.74) is 11.3. The van der Waals surface area contributed by atoms with E-state index in [-0.39, 0.29) is 0 Å². The van der Waals surface area contributed by atoms with Crippen molar-refractivity contribution in [3.8, 4) is 45.8 Å². The van der Waals surface area contributed by atoms with E-state index in [4.69, 9.17) is 6.57 Å². The smallest absolute Gasteiger partial charge is 0.211 e. The van der Waals surface area contributed by atoms with E-state index in [9.17, 15) is 10.5 Å². The first-order valence-electron chi connectivity index (χ1n) is 16.3. The van der Waals surface area contributed by atoms with Gasteiger partial charge >= 0.3 is 0 Å². The molecule has 0 aliphatic carbocycles.